The van der Waals surface area contributed by atoms with Gasteiger partial charge in [0.05, 0.1) is 17.6 Å². The second-order valence-electron chi connectivity index (χ2n) is 7.09. The van der Waals surface area contributed by atoms with Gasteiger partial charge in [-0.25, -0.2) is 13.4 Å². The van der Waals surface area contributed by atoms with Gasteiger partial charge in [0, 0.05) is 37.3 Å². The van der Waals surface area contributed by atoms with Crippen molar-refractivity contribution < 1.29 is 13.2 Å². The maximum Gasteiger partial charge on any atom is 0.247 e. The molecule has 0 aliphatic carbocycles. The van der Waals surface area contributed by atoms with Crippen LogP contribution in [0.4, 0.5) is 0 Å². The van der Waals surface area contributed by atoms with Crippen molar-refractivity contribution in [2.75, 3.05) is 0 Å². The lowest BCUT2D eigenvalue weighted by Gasteiger charge is -2.47. The Morgan fingerprint density at radius 1 is 1.19 bits per heavy atom. The van der Waals surface area contributed by atoms with Crippen LogP contribution in [0.2, 0.25) is 0 Å². The number of hydrogen-bond acceptors (Lipinski definition) is 6. The highest BCUT2D eigenvalue weighted by Crippen LogP contribution is 2.40. The number of sulfonamides is 1. The Kier molecular flexibility index (Phi) is 4.44. The van der Waals surface area contributed by atoms with Gasteiger partial charge in [0.2, 0.25) is 15.9 Å². The van der Waals surface area contributed by atoms with Crippen LogP contribution in [0.3, 0.4) is 0 Å². The molecule has 0 aromatic carbocycles. The van der Waals surface area contributed by atoms with E-state index in [-0.39, 0.29) is 18.2 Å². The Morgan fingerprint density at radius 3 is 2.50 bits per heavy atom. The van der Waals surface area contributed by atoms with Gasteiger partial charge < -0.3 is 4.74 Å². The smallest absolute Gasteiger partial charge is 0.247 e. The molecule has 4 heterocycles. The zero-order chi connectivity index (χ0) is 18.3. The van der Waals surface area contributed by atoms with Crippen LogP contribution in [0.5, 0.6) is 5.88 Å². The molecular weight excluding hydrogens is 354 g/mol. The van der Waals surface area contributed by atoms with E-state index in [2.05, 4.69) is 20.2 Å². The van der Waals surface area contributed by atoms with Gasteiger partial charge in [-0.05, 0) is 26.7 Å². The van der Waals surface area contributed by atoms with Crippen molar-refractivity contribution in [3.8, 4) is 5.88 Å². The first-order valence-corrected chi connectivity index (χ1v) is 10.4. The average Bonchev–Trinajstić information content (AvgIpc) is 2.94. The number of rotatable bonds is 4. The van der Waals surface area contributed by atoms with Crippen molar-refractivity contribution in [3.05, 3.63) is 30.0 Å². The second-order valence-corrected chi connectivity index (χ2v) is 8.87. The number of fused-ring (bicyclic) bond motifs is 2. The summed E-state index contributed by atoms with van der Waals surface area (Å²) in [6.07, 6.45) is 8.84. The van der Waals surface area contributed by atoms with Gasteiger partial charge in [0.25, 0.3) is 0 Å². The van der Waals surface area contributed by atoms with Crippen LogP contribution < -0.4 is 4.74 Å². The van der Waals surface area contributed by atoms with Crippen LogP contribution in [0, 0.1) is 13.8 Å². The van der Waals surface area contributed by atoms with Crippen LogP contribution in [0.15, 0.2) is 23.5 Å². The molecule has 2 aliphatic rings. The first-order valence-electron chi connectivity index (χ1n) is 8.94. The summed E-state index contributed by atoms with van der Waals surface area (Å²) in [5, 5.41) is 6.86. The van der Waals surface area contributed by atoms with Crippen LogP contribution in [0.25, 0.3) is 0 Å². The largest absolute Gasteiger partial charge is 0.473 e. The lowest BCUT2D eigenvalue weighted by Crippen LogP contribution is -2.56. The van der Waals surface area contributed by atoms with E-state index >= 15 is 0 Å². The zero-order valence-corrected chi connectivity index (χ0v) is 15.7. The number of H-pyrrole nitrogens is 1. The fourth-order valence-electron chi connectivity index (χ4n) is 4.32. The average molecular weight is 377 g/mol. The van der Waals surface area contributed by atoms with Crippen LogP contribution in [0.1, 0.15) is 43.5 Å². The third-order valence-electron chi connectivity index (χ3n) is 5.29. The topological polar surface area (TPSA) is 101 Å². The standard InChI is InChI=1S/C17H23N5O3S/c1-11-17(12(2)21-20-11)26(23,24)22-13-4-3-5-14(22)9-15(8-13)25-16-10-18-6-7-19-16/h6-7,10,13-15H,3-5,8-9H2,1-2H3,(H,20,21). The van der Waals surface area contributed by atoms with Gasteiger partial charge in [-0.15, -0.1) is 0 Å². The summed E-state index contributed by atoms with van der Waals surface area (Å²) in [5.74, 6) is 0.494. The lowest BCUT2D eigenvalue weighted by atomic mass is 9.85. The molecule has 2 fully saturated rings. The van der Waals surface area contributed by atoms with Gasteiger partial charge in [0.1, 0.15) is 11.0 Å². The van der Waals surface area contributed by atoms with Gasteiger partial charge >= 0.3 is 0 Å². The number of aromatic amines is 1. The molecule has 26 heavy (non-hydrogen) atoms. The third-order valence-corrected chi connectivity index (χ3v) is 7.56. The van der Waals surface area contributed by atoms with Crippen LogP contribution in [-0.2, 0) is 10.0 Å². The van der Waals surface area contributed by atoms with E-state index < -0.39 is 10.0 Å². The molecule has 140 valence electrons. The highest BCUT2D eigenvalue weighted by Gasteiger charge is 2.46. The van der Waals surface area contributed by atoms with Crippen molar-refractivity contribution in [1.29, 1.82) is 0 Å². The summed E-state index contributed by atoms with van der Waals surface area (Å²) in [7, 11) is -3.58. The predicted octanol–water partition coefficient (Wildman–Crippen LogP) is 1.97. The SMILES string of the molecule is Cc1n[nH]c(C)c1S(=O)(=O)N1C2CCCC1CC(Oc1cnccn1)C2. The first-order chi connectivity index (χ1) is 12.5. The minimum absolute atomic E-state index is 0.0417. The van der Waals surface area contributed by atoms with E-state index in [1.807, 2.05) is 0 Å². The van der Waals surface area contributed by atoms with E-state index in [0.29, 0.717) is 35.0 Å². The van der Waals surface area contributed by atoms with E-state index in [1.165, 1.54) is 0 Å². The number of hydrogen-bond donors (Lipinski definition) is 1. The third kappa shape index (κ3) is 2.99. The molecule has 2 aromatic heterocycles. The summed E-state index contributed by atoms with van der Waals surface area (Å²) in [4.78, 5) is 8.52. The molecule has 0 saturated carbocycles. The maximum atomic E-state index is 13.4. The summed E-state index contributed by atoms with van der Waals surface area (Å²) in [5.41, 5.74) is 1.12. The van der Waals surface area contributed by atoms with Crippen molar-refractivity contribution in [1.82, 2.24) is 24.5 Å². The predicted molar refractivity (Wildman–Crippen MR) is 94.2 cm³/mol. The second kappa shape index (κ2) is 6.62. The van der Waals surface area contributed by atoms with Crippen LogP contribution in [-0.4, -0.2) is 51.1 Å². The molecule has 0 amide bonds. The zero-order valence-electron chi connectivity index (χ0n) is 14.9. The number of aromatic nitrogens is 4. The van der Waals surface area contributed by atoms with Gasteiger partial charge in [-0.2, -0.15) is 9.40 Å². The monoisotopic (exact) mass is 377 g/mol. The van der Waals surface area contributed by atoms with Crippen molar-refractivity contribution in [3.63, 3.8) is 0 Å². The molecule has 0 spiro atoms. The molecule has 2 aliphatic heterocycles. The Bertz CT molecular complexity index is 850. The highest BCUT2D eigenvalue weighted by atomic mass is 32.2. The quantitative estimate of drug-likeness (QED) is 0.874. The Balaban J connectivity index is 1.60. The molecule has 4 rings (SSSR count). The summed E-state index contributed by atoms with van der Waals surface area (Å²) < 4.78 is 34.4. The van der Waals surface area contributed by atoms with E-state index in [9.17, 15) is 8.42 Å². The molecule has 1 N–H and O–H groups in total. The van der Waals surface area contributed by atoms with Crippen molar-refractivity contribution in [2.24, 2.45) is 0 Å². The number of nitrogens with zero attached hydrogens (tertiary/aromatic N) is 4. The van der Waals surface area contributed by atoms with Gasteiger partial charge in [-0.1, -0.05) is 6.42 Å². The lowest BCUT2D eigenvalue weighted by molar-refractivity contribution is 0.0329. The van der Waals surface area contributed by atoms with Crippen LogP contribution >= 0.6 is 0 Å². The fourth-order valence-corrected chi connectivity index (χ4v) is 6.55. The molecule has 2 atom stereocenters. The molecule has 2 aromatic rings. The molecule has 8 nitrogen and oxygen atoms in total. The molecule has 2 saturated heterocycles. The summed E-state index contributed by atoms with van der Waals surface area (Å²) >= 11 is 0. The Labute approximate surface area is 153 Å². The normalized spacial score (nSPS) is 26.6. The molecular formula is C17H23N5O3S. The number of nitrogens with one attached hydrogen (secondary N) is 1. The molecule has 0 radical (unpaired) electrons. The number of ether oxygens (including phenoxy) is 1. The summed E-state index contributed by atoms with van der Waals surface area (Å²) in [6, 6.07) is -0.106. The molecule has 2 unspecified atom stereocenters. The molecule has 2 bridgehead atoms. The first kappa shape index (κ1) is 17.4. The maximum absolute atomic E-state index is 13.4. The summed E-state index contributed by atoms with van der Waals surface area (Å²) in [6.45, 7) is 3.49. The van der Waals surface area contributed by atoms with E-state index in [1.54, 1.807) is 36.7 Å². The Morgan fingerprint density at radius 2 is 1.92 bits per heavy atom. The highest BCUT2D eigenvalue weighted by molar-refractivity contribution is 7.89. The minimum atomic E-state index is -3.58. The van der Waals surface area contributed by atoms with Gasteiger partial charge in [-0.3, -0.25) is 10.1 Å². The van der Waals surface area contributed by atoms with E-state index in [4.69, 9.17) is 4.74 Å². The fraction of sp³-hybridized carbons (Fsp3) is 0.588. The van der Waals surface area contributed by atoms with Gasteiger partial charge in [0.15, 0.2) is 0 Å². The van der Waals surface area contributed by atoms with E-state index in [0.717, 1.165) is 19.3 Å². The number of piperidine rings is 2. The molecule has 9 heteroatoms. The minimum Gasteiger partial charge on any atom is -0.473 e. The Hall–Kier alpha value is -2.00. The number of aryl methyl sites for hydroxylation is 2. The van der Waals surface area contributed by atoms with Crippen molar-refractivity contribution >= 4 is 10.0 Å². The van der Waals surface area contributed by atoms with Crippen molar-refractivity contribution in [2.45, 2.75) is 69.0 Å².